The first-order valence-electron chi connectivity index (χ1n) is 6.52. The van der Waals surface area contributed by atoms with E-state index in [2.05, 4.69) is 10.1 Å². The lowest BCUT2D eigenvalue weighted by Gasteiger charge is -2.21. The van der Waals surface area contributed by atoms with Crippen LogP contribution in [0.25, 0.3) is 0 Å². The number of rotatable bonds is 2. The smallest absolute Gasteiger partial charge is 0.154 e. The standard InChI is InChI=1S/C12H19N3O2/c16-8-10-2-1-3-11-13-12(14-15(10)11)9-4-6-17-7-5-9/h9-10,16H,1-8H2. The molecule has 1 saturated heterocycles. The molecule has 1 aromatic heterocycles. The lowest BCUT2D eigenvalue weighted by molar-refractivity contribution is 0.0834. The number of aryl methyl sites for hydroxylation is 1. The summed E-state index contributed by atoms with van der Waals surface area (Å²) in [4.78, 5) is 4.66. The zero-order valence-electron chi connectivity index (χ0n) is 10.0. The van der Waals surface area contributed by atoms with Crippen LogP contribution in [0.1, 0.15) is 49.3 Å². The van der Waals surface area contributed by atoms with Gasteiger partial charge in [0.15, 0.2) is 5.82 Å². The van der Waals surface area contributed by atoms with Crippen molar-refractivity contribution in [3.63, 3.8) is 0 Å². The maximum Gasteiger partial charge on any atom is 0.154 e. The molecule has 1 fully saturated rings. The average Bonchev–Trinajstić information content (AvgIpc) is 2.83. The van der Waals surface area contributed by atoms with E-state index in [1.54, 1.807) is 0 Å². The molecule has 17 heavy (non-hydrogen) atoms. The molecule has 1 unspecified atom stereocenters. The number of nitrogens with zero attached hydrogens (tertiary/aromatic N) is 3. The maximum atomic E-state index is 9.35. The molecule has 0 aliphatic carbocycles. The summed E-state index contributed by atoms with van der Waals surface area (Å²) in [6.07, 6.45) is 5.16. The van der Waals surface area contributed by atoms with Gasteiger partial charge in [-0.1, -0.05) is 0 Å². The monoisotopic (exact) mass is 237 g/mol. The molecule has 0 aromatic carbocycles. The van der Waals surface area contributed by atoms with E-state index in [4.69, 9.17) is 4.74 Å². The van der Waals surface area contributed by atoms with Crippen molar-refractivity contribution in [1.29, 1.82) is 0 Å². The fraction of sp³-hybridized carbons (Fsp3) is 0.833. The number of fused-ring (bicyclic) bond motifs is 1. The Morgan fingerprint density at radius 1 is 1.29 bits per heavy atom. The van der Waals surface area contributed by atoms with Gasteiger partial charge in [0, 0.05) is 25.6 Å². The number of aromatic nitrogens is 3. The summed E-state index contributed by atoms with van der Waals surface area (Å²) in [5.74, 6) is 2.46. The van der Waals surface area contributed by atoms with Gasteiger partial charge in [0.05, 0.1) is 12.6 Å². The van der Waals surface area contributed by atoms with Crippen LogP contribution in [-0.4, -0.2) is 39.7 Å². The van der Waals surface area contributed by atoms with Crippen LogP contribution in [0.4, 0.5) is 0 Å². The summed E-state index contributed by atoms with van der Waals surface area (Å²) >= 11 is 0. The van der Waals surface area contributed by atoms with Gasteiger partial charge < -0.3 is 9.84 Å². The van der Waals surface area contributed by atoms with Crippen molar-refractivity contribution in [2.45, 2.75) is 44.1 Å². The van der Waals surface area contributed by atoms with E-state index in [1.807, 2.05) is 4.68 Å². The van der Waals surface area contributed by atoms with Crippen molar-refractivity contribution < 1.29 is 9.84 Å². The molecule has 1 aromatic rings. The fourth-order valence-electron chi connectivity index (χ4n) is 2.75. The Balaban J connectivity index is 1.84. The Hall–Kier alpha value is -0.940. The number of ether oxygens (including phenoxy) is 1. The fourth-order valence-corrected chi connectivity index (χ4v) is 2.75. The van der Waals surface area contributed by atoms with Gasteiger partial charge >= 0.3 is 0 Å². The number of aliphatic hydroxyl groups excluding tert-OH is 1. The highest BCUT2D eigenvalue weighted by atomic mass is 16.5. The molecule has 2 aliphatic heterocycles. The topological polar surface area (TPSA) is 60.2 Å². The highest BCUT2D eigenvalue weighted by molar-refractivity contribution is 5.03. The van der Waals surface area contributed by atoms with E-state index < -0.39 is 0 Å². The van der Waals surface area contributed by atoms with E-state index in [-0.39, 0.29) is 12.6 Å². The lowest BCUT2D eigenvalue weighted by atomic mass is 10.00. The Morgan fingerprint density at radius 2 is 2.12 bits per heavy atom. The first kappa shape index (κ1) is 11.2. The van der Waals surface area contributed by atoms with Crippen molar-refractivity contribution in [1.82, 2.24) is 14.8 Å². The van der Waals surface area contributed by atoms with Gasteiger partial charge in [-0.2, -0.15) is 5.10 Å². The molecule has 0 saturated carbocycles. The second-order valence-corrected chi connectivity index (χ2v) is 4.95. The summed E-state index contributed by atoms with van der Waals surface area (Å²) in [6, 6.07) is 0.139. The number of aliphatic hydroxyl groups is 1. The van der Waals surface area contributed by atoms with E-state index in [9.17, 15) is 5.11 Å². The lowest BCUT2D eigenvalue weighted by Crippen LogP contribution is -2.22. The van der Waals surface area contributed by atoms with Crippen LogP contribution in [0.3, 0.4) is 0 Å². The van der Waals surface area contributed by atoms with Crippen molar-refractivity contribution in [2.75, 3.05) is 19.8 Å². The first-order valence-corrected chi connectivity index (χ1v) is 6.52. The summed E-state index contributed by atoms with van der Waals surface area (Å²) in [7, 11) is 0. The second kappa shape index (κ2) is 4.74. The Labute approximate surface area is 101 Å². The van der Waals surface area contributed by atoms with Gasteiger partial charge in [0.25, 0.3) is 0 Å². The summed E-state index contributed by atoms with van der Waals surface area (Å²) < 4.78 is 7.32. The van der Waals surface area contributed by atoms with Crippen LogP contribution in [0.5, 0.6) is 0 Å². The van der Waals surface area contributed by atoms with Crippen LogP contribution < -0.4 is 0 Å². The van der Waals surface area contributed by atoms with E-state index in [1.165, 1.54) is 0 Å². The molecular formula is C12H19N3O2. The third-order valence-electron chi connectivity index (χ3n) is 3.80. The minimum atomic E-state index is 0.139. The first-order chi connectivity index (χ1) is 8.38. The normalized spacial score (nSPS) is 25.8. The SMILES string of the molecule is OCC1CCCc2nc(C3CCOCC3)nn21. The number of hydrogen-bond acceptors (Lipinski definition) is 4. The third-order valence-corrected chi connectivity index (χ3v) is 3.80. The Kier molecular flexibility index (Phi) is 3.11. The highest BCUT2D eigenvalue weighted by Gasteiger charge is 2.26. The van der Waals surface area contributed by atoms with E-state index >= 15 is 0 Å². The van der Waals surface area contributed by atoms with Crippen LogP contribution in [0, 0.1) is 0 Å². The summed E-state index contributed by atoms with van der Waals surface area (Å²) in [6.45, 7) is 1.81. The van der Waals surface area contributed by atoms with Crippen LogP contribution in [-0.2, 0) is 11.2 Å². The summed E-state index contributed by atoms with van der Waals surface area (Å²) in [5.41, 5.74) is 0. The van der Waals surface area contributed by atoms with Crippen molar-refractivity contribution in [3.05, 3.63) is 11.6 Å². The Morgan fingerprint density at radius 3 is 2.88 bits per heavy atom. The second-order valence-electron chi connectivity index (χ2n) is 4.95. The molecule has 94 valence electrons. The molecule has 0 radical (unpaired) electrons. The van der Waals surface area contributed by atoms with Gasteiger partial charge in [-0.15, -0.1) is 0 Å². The van der Waals surface area contributed by atoms with Gasteiger partial charge in [-0.05, 0) is 25.7 Å². The molecule has 3 heterocycles. The minimum absolute atomic E-state index is 0.139. The molecule has 0 amide bonds. The van der Waals surface area contributed by atoms with Crippen molar-refractivity contribution >= 4 is 0 Å². The molecule has 3 rings (SSSR count). The van der Waals surface area contributed by atoms with Crippen molar-refractivity contribution in [3.8, 4) is 0 Å². The van der Waals surface area contributed by atoms with Gasteiger partial charge in [-0.3, -0.25) is 0 Å². The molecule has 1 N–H and O–H groups in total. The maximum absolute atomic E-state index is 9.35. The van der Waals surface area contributed by atoms with E-state index in [0.29, 0.717) is 5.92 Å². The Bertz CT molecular complexity index is 385. The molecule has 0 bridgehead atoms. The van der Waals surface area contributed by atoms with Crippen molar-refractivity contribution in [2.24, 2.45) is 0 Å². The molecule has 5 nitrogen and oxygen atoms in total. The zero-order chi connectivity index (χ0) is 11.7. The van der Waals surface area contributed by atoms with Gasteiger partial charge in [0.1, 0.15) is 5.82 Å². The predicted molar refractivity (Wildman–Crippen MR) is 61.9 cm³/mol. The molecule has 5 heteroatoms. The van der Waals surface area contributed by atoms with Crippen LogP contribution in [0.2, 0.25) is 0 Å². The largest absolute Gasteiger partial charge is 0.394 e. The molecule has 1 atom stereocenters. The molecule has 0 spiro atoms. The number of hydrogen-bond donors (Lipinski definition) is 1. The van der Waals surface area contributed by atoms with Gasteiger partial charge in [-0.25, -0.2) is 9.67 Å². The highest BCUT2D eigenvalue weighted by Crippen LogP contribution is 2.28. The van der Waals surface area contributed by atoms with Gasteiger partial charge in [0.2, 0.25) is 0 Å². The third kappa shape index (κ3) is 2.09. The van der Waals surface area contributed by atoms with Crippen LogP contribution in [0.15, 0.2) is 0 Å². The van der Waals surface area contributed by atoms with Crippen LogP contribution >= 0.6 is 0 Å². The van der Waals surface area contributed by atoms with E-state index in [0.717, 1.165) is 57.0 Å². The minimum Gasteiger partial charge on any atom is -0.394 e. The molecular weight excluding hydrogens is 218 g/mol. The zero-order valence-corrected chi connectivity index (χ0v) is 10.0. The quantitative estimate of drug-likeness (QED) is 0.835. The predicted octanol–water partition coefficient (Wildman–Crippen LogP) is 1.04. The molecule has 2 aliphatic rings. The average molecular weight is 237 g/mol. The summed E-state index contributed by atoms with van der Waals surface area (Å²) in [5, 5.41) is 14.0.